The standard InChI is InChI=1S/C11H23ClO/c1-3-5-7-9-10(11(12)13)8-6-4-2/h10-11,13H,3-9H2,1-2H3. The maximum absolute atomic E-state index is 9.30. The summed E-state index contributed by atoms with van der Waals surface area (Å²) >= 11 is 5.71. The van der Waals surface area contributed by atoms with Crippen LogP contribution in [0.15, 0.2) is 0 Å². The van der Waals surface area contributed by atoms with Crippen LogP contribution >= 0.6 is 11.6 Å². The van der Waals surface area contributed by atoms with Crippen LogP contribution in [0.3, 0.4) is 0 Å². The lowest BCUT2D eigenvalue weighted by molar-refractivity contribution is 0.166. The van der Waals surface area contributed by atoms with Gasteiger partial charge < -0.3 is 5.11 Å². The van der Waals surface area contributed by atoms with E-state index in [0.717, 1.165) is 12.8 Å². The molecule has 80 valence electrons. The SMILES string of the molecule is CCCCCC(CCCC)C(O)Cl. The topological polar surface area (TPSA) is 20.2 Å². The molecule has 2 atom stereocenters. The van der Waals surface area contributed by atoms with Crippen LogP contribution in [-0.2, 0) is 0 Å². The van der Waals surface area contributed by atoms with Crippen LogP contribution in [0.5, 0.6) is 0 Å². The van der Waals surface area contributed by atoms with Crippen molar-refractivity contribution in [1.82, 2.24) is 0 Å². The van der Waals surface area contributed by atoms with E-state index in [0.29, 0.717) is 5.92 Å². The van der Waals surface area contributed by atoms with E-state index in [-0.39, 0.29) is 0 Å². The van der Waals surface area contributed by atoms with E-state index >= 15 is 0 Å². The van der Waals surface area contributed by atoms with Gasteiger partial charge in [0.15, 0.2) is 0 Å². The van der Waals surface area contributed by atoms with E-state index in [1.807, 2.05) is 0 Å². The summed E-state index contributed by atoms with van der Waals surface area (Å²) in [4.78, 5) is 0. The molecule has 0 bridgehead atoms. The van der Waals surface area contributed by atoms with Gasteiger partial charge in [-0.05, 0) is 18.8 Å². The molecule has 13 heavy (non-hydrogen) atoms. The maximum atomic E-state index is 9.30. The fraction of sp³-hybridized carbons (Fsp3) is 1.00. The van der Waals surface area contributed by atoms with Gasteiger partial charge in [-0.15, -0.1) is 0 Å². The van der Waals surface area contributed by atoms with Gasteiger partial charge in [0.05, 0.1) is 0 Å². The number of rotatable bonds is 8. The van der Waals surface area contributed by atoms with Crippen molar-refractivity contribution in [2.45, 2.75) is 64.4 Å². The van der Waals surface area contributed by atoms with Crippen molar-refractivity contribution in [1.29, 1.82) is 0 Å². The first-order valence-corrected chi connectivity index (χ1v) is 5.98. The molecule has 0 radical (unpaired) electrons. The van der Waals surface area contributed by atoms with E-state index in [4.69, 9.17) is 11.6 Å². The van der Waals surface area contributed by atoms with Gasteiger partial charge in [0, 0.05) is 0 Å². The number of alkyl halides is 1. The summed E-state index contributed by atoms with van der Waals surface area (Å²) in [5.74, 6) is 0.313. The number of aliphatic hydroxyl groups excluding tert-OH is 1. The maximum Gasteiger partial charge on any atom is 0.130 e. The third-order valence-corrected chi connectivity index (χ3v) is 2.85. The van der Waals surface area contributed by atoms with Crippen LogP contribution < -0.4 is 0 Å². The van der Waals surface area contributed by atoms with Gasteiger partial charge in [-0.1, -0.05) is 57.6 Å². The lowest BCUT2D eigenvalue weighted by atomic mass is 9.96. The first kappa shape index (κ1) is 13.2. The molecule has 0 aromatic heterocycles. The molecule has 0 amide bonds. The van der Waals surface area contributed by atoms with Crippen LogP contribution in [-0.4, -0.2) is 10.7 Å². The highest BCUT2D eigenvalue weighted by atomic mass is 35.5. The predicted molar refractivity (Wildman–Crippen MR) is 59.0 cm³/mol. The Morgan fingerprint density at radius 2 is 1.54 bits per heavy atom. The zero-order valence-electron chi connectivity index (χ0n) is 8.93. The smallest absolute Gasteiger partial charge is 0.130 e. The van der Waals surface area contributed by atoms with Crippen molar-refractivity contribution in [3.8, 4) is 0 Å². The molecule has 0 saturated heterocycles. The molecule has 1 N–H and O–H groups in total. The number of aliphatic hydroxyl groups is 1. The van der Waals surface area contributed by atoms with Crippen LogP contribution in [0.4, 0.5) is 0 Å². The Morgan fingerprint density at radius 1 is 1.00 bits per heavy atom. The Labute approximate surface area is 87.5 Å². The van der Waals surface area contributed by atoms with Crippen LogP contribution in [0.2, 0.25) is 0 Å². The fourth-order valence-electron chi connectivity index (χ4n) is 1.54. The highest BCUT2D eigenvalue weighted by Crippen LogP contribution is 2.22. The lowest BCUT2D eigenvalue weighted by Crippen LogP contribution is -2.14. The molecule has 0 rings (SSSR count). The molecule has 0 aliphatic rings. The fourth-order valence-corrected chi connectivity index (χ4v) is 1.79. The van der Waals surface area contributed by atoms with Crippen molar-refractivity contribution in [3.05, 3.63) is 0 Å². The predicted octanol–water partition coefficient (Wildman–Crippen LogP) is 3.93. The Hall–Kier alpha value is 0.250. The molecule has 2 unspecified atom stereocenters. The summed E-state index contributed by atoms with van der Waals surface area (Å²) in [6.45, 7) is 4.36. The number of hydrogen-bond acceptors (Lipinski definition) is 1. The molecule has 2 heteroatoms. The van der Waals surface area contributed by atoms with Crippen molar-refractivity contribution in [2.24, 2.45) is 5.92 Å². The minimum atomic E-state index is -0.636. The van der Waals surface area contributed by atoms with Crippen molar-refractivity contribution in [3.63, 3.8) is 0 Å². The molecule has 1 nitrogen and oxygen atoms in total. The van der Waals surface area contributed by atoms with Crippen molar-refractivity contribution >= 4 is 11.6 Å². The van der Waals surface area contributed by atoms with Crippen LogP contribution in [0, 0.1) is 5.92 Å². The van der Waals surface area contributed by atoms with Gasteiger partial charge >= 0.3 is 0 Å². The summed E-state index contributed by atoms with van der Waals surface area (Å²) in [6.07, 6.45) is 8.22. The second kappa shape index (κ2) is 8.83. The molecule has 0 saturated carbocycles. The number of halogens is 1. The molecule has 0 aromatic carbocycles. The Morgan fingerprint density at radius 3 is 2.00 bits per heavy atom. The molecule has 0 aliphatic carbocycles. The summed E-state index contributed by atoms with van der Waals surface area (Å²) in [5.41, 5.74) is -0.636. The molecule has 0 heterocycles. The van der Waals surface area contributed by atoms with E-state index in [9.17, 15) is 5.11 Å². The summed E-state index contributed by atoms with van der Waals surface area (Å²) in [7, 11) is 0. The Balaban J connectivity index is 3.54. The van der Waals surface area contributed by atoms with E-state index in [1.165, 1.54) is 32.1 Å². The molecule has 0 aliphatic heterocycles. The third kappa shape index (κ3) is 7.33. The molecular weight excluding hydrogens is 184 g/mol. The van der Waals surface area contributed by atoms with Crippen molar-refractivity contribution < 1.29 is 5.11 Å². The highest BCUT2D eigenvalue weighted by Gasteiger charge is 2.15. The summed E-state index contributed by atoms with van der Waals surface area (Å²) in [6, 6.07) is 0. The zero-order chi connectivity index (χ0) is 10.1. The minimum Gasteiger partial charge on any atom is -0.377 e. The van der Waals surface area contributed by atoms with Gasteiger partial charge in [0.1, 0.15) is 5.56 Å². The highest BCUT2D eigenvalue weighted by molar-refractivity contribution is 6.19. The molecule has 0 fully saturated rings. The summed E-state index contributed by atoms with van der Waals surface area (Å²) in [5, 5.41) is 9.30. The van der Waals surface area contributed by atoms with Crippen molar-refractivity contribution in [2.75, 3.05) is 0 Å². The first-order chi connectivity index (χ1) is 6.22. The molecular formula is C11H23ClO. The average Bonchev–Trinajstić information content (AvgIpc) is 2.10. The van der Waals surface area contributed by atoms with E-state index < -0.39 is 5.56 Å². The number of unbranched alkanes of at least 4 members (excludes halogenated alkanes) is 3. The second-order valence-corrected chi connectivity index (χ2v) is 4.22. The lowest BCUT2D eigenvalue weighted by Gasteiger charge is -2.17. The Bertz CT molecular complexity index is 104. The van der Waals surface area contributed by atoms with E-state index in [1.54, 1.807) is 0 Å². The Kier molecular flexibility index (Phi) is 9.00. The normalized spacial score (nSPS) is 15.7. The van der Waals surface area contributed by atoms with Gasteiger partial charge in [-0.25, -0.2) is 0 Å². The second-order valence-electron chi connectivity index (χ2n) is 3.77. The van der Waals surface area contributed by atoms with Gasteiger partial charge in [-0.2, -0.15) is 0 Å². The monoisotopic (exact) mass is 206 g/mol. The average molecular weight is 207 g/mol. The molecule has 0 aromatic rings. The van der Waals surface area contributed by atoms with Gasteiger partial charge in [0.25, 0.3) is 0 Å². The van der Waals surface area contributed by atoms with Crippen LogP contribution in [0.1, 0.15) is 58.8 Å². The van der Waals surface area contributed by atoms with Crippen LogP contribution in [0.25, 0.3) is 0 Å². The first-order valence-electron chi connectivity index (χ1n) is 5.54. The zero-order valence-corrected chi connectivity index (χ0v) is 9.69. The third-order valence-electron chi connectivity index (χ3n) is 2.50. The quantitative estimate of drug-likeness (QED) is 0.471. The number of hydrogen-bond donors (Lipinski definition) is 1. The van der Waals surface area contributed by atoms with Gasteiger partial charge in [-0.3, -0.25) is 0 Å². The summed E-state index contributed by atoms with van der Waals surface area (Å²) < 4.78 is 0. The van der Waals surface area contributed by atoms with E-state index in [2.05, 4.69) is 13.8 Å². The minimum absolute atomic E-state index is 0.313. The largest absolute Gasteiger partial charge is 0.377 e. The van der Waals surface area contributed by atoms with Gasteiger partial charge in [0.2, 0.25) is 0 Å². The molecule has 0 spiro atoms.